The molecule has 2 heterocycles. The summed E-state index contributed by atoms with van der Waals surface area (Å²) in [7, 11) is 1.52. The normalized spacial score (nSPS) is 17.8. The predicted molar refractivity (Wildman–Crippen MR) is 73.6 cm³/mol. The molecule has 1 aromatic rings. The van der Waals surface area contributed by atoms with Crippen molar-refractivity contribution >= 4 is 5.91 Å². The Labute approximate surface area is 118 Å². The molecular weight excluding hydrogens is 258 g/mol. The van der Waals surface area contributed by atoms with E-state index in [4.69, 9.17) is 9.47 Å². The molecule has 1 saturated heterocycles. The van der Waals surface area contributed by atoms with Gasteiger partial charge in [-0.05, 0) is 13.8 Å². The molecule has 0 unspecified atom stereocenters. The molecule has 6 heteroatoms. The second-order valence-corrected chi connectivity index (χ2v) is 4.91. The Balaban J connectivity index is 1.97. The summed E-state index contributed by atoms with van der Waals surface area (Å²) in [4.78, 5) is 21.8. The molecule has 1 atom stereocenters. The van der Waals surface area contributed by atoms with Crippen LogP contribution in [0.5, 0.6) is 11.8 Å². The minimum Gasteiger partial charge on any atom is -0.477 e. The number of rotatable bonds is 4. The lowest BCUT2D eigenvalue weighted by Gasteiger charge is -2.16. The van der Waals surface area contributed by atoms with Gasteiger partial charge >= 0.3 is 0 Å². The van der Waals surface area contributed by atoms with Crippen LogP contribution in [-0.2, 0) is 4.79 Å². The van der Waals surface area contributed by atoms with Crippen molar-refractivity contribution in [2.75, 3.05) is 20.2 Å². The minimum absolute atomic E-state index is 0.0298. The Morgan fingerprint density at radius 3 is 2.70 bits per heavy atom. The Kier molecular flexibility index (Phi) is 4.55. The van der Waals surface area contributed by atoms with E-state index in [0.29, 0.717) is 24.8 Å². The van der Waals surface area contributed by atoms with E-state index in [0.717, 1.165) is 12.0 Å². The maximum Gasteiger partial charge on any atom is 0.278 e. The summed E-state index contributed by atoms with van der Waals surface area (Å²) in [5.74, 6) is 0.764. The molecule has 20 heavy (non-hydrogen) atoms. The zero-order chi connectivity index (χ0) is 14.5. The number of likely N-dealkylation sites (tertiary alicyclic amines) is 1. The average molecular weight is 277 g/mol. The van der Waals surface area contributed by atoms with Crippen molar-refractivity contribution in [3.05, 3.63) is 24.0 Å². The van der Waals surface area contributed by atoms with Gasteiger partial charge in [-0.2, -0.15) is 0 Å². The van der Waals surface area contributed by atoms with Crippen LogP contribution in [-0.4, -0.2) is 47.1 Å². The molecule has 0 saturated carbocycles. The molecule has 108 valence electrons. The smallest absolute Gasteiger partial charge is 0.278 e. The van der Waals surface area contributed by atoms with E-state index in [2.05, 4.69) is 9.97 Å². The van der Waals surface area contributed by atoms with Crippen molar-refractivity contribution in [2.45, 2.75) is 26.4 Å². The molecule has 0 radical (unpaired) electrons. The van der Waals surface area contributed by atoms with Crippen LogP contribution in [0.4, 0.5) is 0 Å². The number of aromatic nitrogens is 2. The molecule has 1 aromatic heterocycles. The number of carbonyl (C=O) groups excluding carboxylic acids is 1. The standard InChI is InChI=1S/C14H19N3O3/c1-10(2)8-12(18)17-7-4-11(9-17)20-14-13(19-3)15-5-6-16-14/h5-6,8,11H,4,7,9H2,1-3H3/t11-/m0/s1. The van der Waals surface area contributed by atoms with E-state index >= 15 is 0 Å². The fourth-order valence-corrected chi connectivity index (χ4v) is 2.05. The Bertz CT molecular complexity index is 512. The van der Waals surface area contributed by atoms with Crippen LogP contribution in [0, 0.1) is 0 Å². The van der Waals surface area contributed by atoms with Crippen molar-refractivity contribution in [1.29, 1.82) is 0 Å². The van der Waals surface area contributed by atoms with Gasteiger partial charge in [-0.15, -0.1) is 0 Å². The van der Waals surface area contributed by atoms with Gasteiger partial charge in [0, 0.05) is 31.4 Å². The van der Waals surface area contributed by atoms with Gasteiger partial charge < -0.3 is 14.4 Å². The highest BCUT2D eigenvalue weighted by Gasteiger charge is 2.27. The number of nitrogens with zero attached hydrogens (tertiary/aromatic N) is 3. The number of carbonyl (C=O) groups is 1. The van der Waals surface area contributed by atoms with E-state index in [9.17, 15) is 4.79 Å². The fraction of sp³-hybridized carbons (Fsp3) is 0.500. The third kappa shape index (κ3) is 3.46. The molecule has 0 aromatic carbocycles. The zero-order valence-electron chi connectivity index (χ0n) is 12.0. The van der Waals surface area contributed by atoms with Crippen LogP contribution in [0.1, 0.15) is 20.3 Å². The van der Waals surface area contributed by atoms with Crippen molar-refractivity contribution in [2.24, 2.45) is 0 Å². The molecule has 2 rings (SSSR count). The quantitative estimate of drug-likeness (QED) is 0.779. The Hall–Kier alpha value is -2.11. The van der Waals surface area contributed by atoms with Gasteiger partial charge in [-0.25, -0.2) is 9.97 Å². The third-order valence-electron chi connectivity index (χ3n) is 2.97. The van der Waals surface area contributed by atoms with Gasteiger partial charge in [-0.3, -0.25) is 4.79 Å². The second-order valence-electron chi connectivity index (χ2n) is 4.91. The van der Waals surface area contributed by atoms with Crippen molar-refractivity contribution in [1.82, 2.24) is 14.9 Å². The van der Waals surface area contributed by atoms with E-state index in [1.54, 1.807) is 23.4 Å². The van der Waals surface area contributed by atoms with Gasteiger partial charge in [0.15, 0.2) is 0 Å². The molecule has 1 fully saturated rings. The lowest BCUT2D eigenvalue weighted by molar-refractivity contribution is -0.125. The van der Waals surface area contributed by atoms with Gasteiger partial charge in [0.2, 0.25) is 5.91 Å². The monoisotopic (exact) mass is 277 g/mol. The van der Waals surface area contributed by atoms with Crippen LogP contribution < -0.4 is 9.47 Å². The molecule has 0 aliphatic carbocycles. The van der Waals surface area contributed by atoms with Crippen molar-refractivity contribution < 1.29 is 14.3 Å². The van der Waals surface area contributed by atoms with Crippen LogP contribution in [0.15, 0.2) is 24.0 Å². The number of allylic oxidation sites excluding steroid dienone is 1. The molecule has 0 spiro atoms. The summed E-state index contributed by atoms with van der Waals surface area (Å²) in [5, 5.41) is 0. The second kappa shape index (κ2) is 6.36. The third-order valence-corrected chi connectivity index (χ3v) is 2.97. The largest absolute Gasteiger partial charge is 0.477 e. The maximum absolute atomic E-state index is 11.9. The molecule has 1 amide bonds. The highest BCUT2D eigenvalue weighted by atomic mass is 16.5. The van der Waals surface area contributed by atoms with E-state index in [1.807, 2.05) is 13.8 Å². The lowest BCUT2D eigenvalue weighted by atomic mass is 10.3. The minimum atomic E-state index is -0.0740. The molecule has 0 bridgehead atoms. The van der Waals surface area contributed by atoms with E-state index in [1.165, 1.54) is 7.11 Å². The Morgan fingerprint density at radius 1 is 1.35 bits per heavy atom. The summed E-state index contributed by atoms with van der Waals surface area (Å²) >= 11 is 0. The van der Waals surface area contributed by atoms with E-state index < -0.39 is 0 Å². The van der Waals surface area contributed by atoms with Gasteiger partial charge in [0.05, 0.1) is 13.7 Å². The van der Waals surface area contributed by atoms with Crippen LogP contribution in [0.25, 0.3) is 0 Å². The van der Waals surface area contributed by atoms with Crippen LogP contribution >= 0.6 is 0 Å². The van der Waals surface area contributed by atoms with Crippen molar-refractivity contribution in [3.8, 4) is 11.8 Å². The number of methoxy groups -OCH3 is 1. The molecule has 0 N–H and O–H groups in total. The van der Waals surface area contributed by atoms with Crippen LogP contribution in [0.3, 0.4) is 0 Å². The predicted octanol–water partition coefficient (Wildman–Crippen LogP) is 1.43. The van der Waals surface area contributed by atoms with Gasteiger partial charge in [-0.1, -0.05) is 5.57 Å². The number of amides is 1. The number of hydrogen-bond acceptors (Lipinski definition) is 5. The van der Waals surface area contributed by atoms with Gasteiger partial charge in [0.25, 0.3) is 11.8 Å². The first-order valence-corrected chi connectivity index (χ1v) is 6.55. The zero-order valence-corrected chi connectivity index (χ0v) is 12.0. The maximum atomic E-state index is 11.9. The first kappa shape index (κ1) is 14.3. The van der Waals surface area contributed by atoms with Gasteiger partial charge in [0.1, 0.15) is 6.10 Å². The number of ether oxygens (including phenoxy) is 2. The summed E-state index contributed by atoms with van der Waals surface area (Å²) in [5.41, 5.74) is 0.995. The fourth-order valence-electron chi connectivity index (χ4n) is 2.05. The van der Waals surface area contributed by atoms with E-state index in [-0.39, 0.29) is 12.0 Å². The first-order valence-electron chi connectivity index (χ1n) is 6.55. The summed E-state index contributed by atoms with van der Waals surface area (Å²) in [6, 6.07) is 0. The molecule has 6 nitrogen and oxygen atoms in total. The summed E-state index contributed by atoms with van der Waals surface area (Å²) in [6.45, 7) is 5.07. The summed E-state index contributed by atoms with van der Waals surface area (Å²) in [6.07, 6.45) is 5.45. The molecule has 1 aliphatic heterocycles. The molecular formula is C14H19N3O3. The van der Waals surface area contributed by atoms with Crippen LogP contribution in [0.2, 0.25) is 0 Å². The van der Waals surface area contributed by atoms with Crippen molar-refractivity contribution in [3.63, 3.8) is 0 Å². The molecule has 1 aliphatic rings. The Morgan fingerprint density at radius 2 is 2.05 bits per heavy atom. The highest BCUT2D eigenvalue weighted by molar-refractivity contribution is 5.88. The topological polar surface area (TPSA) is 64.6 Å². The lowest BCUT2D eigenvalue weighted by Crippen LogP contribution is -2.29. The number of hydrogen-bond donors (Lipinski definition) is 0. The average Bonchev–Trinajstić information content (AvgIpc) is 2.87. The first-order chi connectivity index (χ1) is 9.60. The summed E-state index contributed by atoms with van der Waals surface area (Å²) < 4.78 is 10.9. The highest BCUT2D eigenvalue weighted by Crippen LogP contribution is 2.23. The SMILES string of the molecule is COc1nccnc1O[C@H]1CCN(C(=O)C=C(C)C)C1.